The maximum absolute atomic E-state index is 14.2. The molecule has 3 aromatic rings. The van der Waals surface area contributed by atoms with E-state index in [4.69, 9.17) is 9.47 Å². The van der Waals surface area contributed by atoms with Crippen LogP contribution in [0.5, 0.6) is 11.5 Å². The molecule has 1 aliphatic rings. The number of para-hydroxylation sites is 2. The lowest BCUT2D eigenvalue weighted by molar-refractivity contribution is -0.139. The van der Waals surface area contributed by atoms with E-state index in [9.17, 15) is 18.0 Å². The number of amides is 2. The Morgan fingerprint density at radius 1 is 1.00 bits per heavy atom. The van der Waals surface area contributed by atoms with E-state index in [2.05, 4.69) is 5.32 Å². The first kappa shape index (κ1) is 31.9. The summed E-state index contributed by atoms with van der Waals surface area (Å²) in [5.74, 6) is 0.145. The quantitative estimate of drug-likeness (QED) is 0.291. The molecular weight excluding hydrogens is 566 g/mol. The van der Waals surface area contributed by atoms with Crippen LogP contribution in [-0.4, -0.2) is 57.5 Å². The van der Waals surface area contributed by atoms with Crippen molar-refractivity contribution in [3.8, 4) is 11.5 Å². The summed E-state index contributed by atoms with van der Waals surface area (Å²) in [6.45, 7) is 5.21. The number of rotatable bonds is 13. The Morgan fingerprint density at radius 3 is 2.37 bits per heavy atom. The van der Waals surface area contributed by atoms with Gasteiger partial charge in [0.05, 0.1) is 24.3 Å². The third kappa shape index (κ3) is 7.87. The number of nitrogens with zero attached hydrogens (tertiary/aromatic N) is 2. The zero-order valence-corrected chi connectivity index (χ0v) is 26.1. The van der Waals surface area contributed by atoms with Gasteiger partial charge in [-0.25, -0.2) is 8.42 Å². The summed E-state index contributed by atoms with van der Waals surface area (Å²) in [6.07, 6.45) is 3.91. The number of hydrogen-bond donors (Lipinski definition) is 1. The molecule has 1 N–H and O–H groups in total. The van der Waals surface area contributed by atoms with Crippen molar-refractivity contribution >= 4 is 27.5 Å². The Morgan fingerprint density at radius 2 is 1.70 bits per heavy atom. The lowest BCUT2D eigenvalue weighted by atomic mass is 10.1. The number of benzene rings is 3. The van der Waals surface area contributed by atoms with Crippen LogP contribution in [0.3, 0.4) is 0 Å². The average molecular weight is 608 g/mol. The predicted molar refractivity (Wildman–Crippen MR) is 167 cm³/mol. The van der Waals surface area contributed by atoms with E-state index in [1.54, 1.807) is 69.5 Å². The van der Waals surface area contributed by atoms with Crippen molar-refractivity contribution in [3.63, 3.8) is 0 Å². The fraction of sp³-hybridized carbons (Fsp3) is 0.394. The molecule has 230 valence electrons. The fourth-order valence-electron chi connectivity index (χ4n) is 5.23. The minimum Gasteiger partial charge on any atom is -0.497 e. The number of aryl methyl sites for hydroxylation is 1. The molecule has 0 spiro atoms. The maximum atomic E-state index is 14.2. The Balaban J connectivity index is 1.73. The molecule has 1 fully saturated rings. The molecule has 0 unspecified atom stereocenters. The first-order valence-electron chi connectivity index (χ1n) is 14.7. The summed E-state index contributed by atoms with van der Waals surface area (Å²) in [5, 5.41) is 3.09. The normalized spacial score (nSPS) is 14.1. The zero-order chi connectivity index (χ0) is 31.0. The highest BCUT2D eigenvalue weighted by Gasteiger charge is 2.34. The van der Waals surface area contributed by atoms with Gasteiger partial charge in [-0.15, -0.1) is 0 Å². The van der Waals surface area contributed by atoms with Gasteiger partial charge in [0.15, 0.2) is 0 Å². The molecule has 10 heteroatoms. The topological polar surface area (TPSA) is 105 Å². The monoisotopic (exact) mass is 607 g/mol. The van der Waals surface area contributed by atoms with Gasteiger partial charge in [0.1, 0.15) is 24.1 Å². The van der Waals surface area contributed by atoms with Crippen LogP contribution in [0.1, 0.15) is 50.7 Å². The van der Waals surface area contributed by atoms with Crippen molar-refractivity contribution < 1.29 is 27.5 Å². The van der Waals surface area contributed by atoms with Gasteiger partial charge < -0.3 is 19.7 Å². The van der Waals surface area contributed by atoms with Crippen molar-refractivity contribution in [2.24, 2.45) is 0 Å². The molecule has 0 heterocycles. The summed E-state index contributed by atoms with van der Waals surface area (Å²) >= 11 is 0. The first-order chi connectivity index (χ1) is 20.6. The van der Waals surface area contributed by atoms with Crippen LogP contribution in [0.4, 0.5) is 5.69 Å². The van der Waals surface area contributed by atoms with Crippen molar-refractivity contribution in [1.29, 1.82) is 0 Å². The SMILES string of the molecule is CCOc1ccccc1N(CC(=O)N(Cc1cccc(OC)c1)[C@@H](C)C(=O)NC1CCCC1)S(=O)(=O)c1ccc(C)cc1. The second-order valence-electron chi connectivity index (χ2n) is 10.8. The summed E-state index contributed by atoms with van der Waals surface area (Å²) < 4.78 is 40.5. The van der Waals surface area contributed by atoms with Gasteiger partial charge in [0, 0.05) is 12.6 Å². The van der Waals surface area contributed by atoms with Crippen molar-refractivity contribution in [3.05, 3.63) is 83.9 Å². The van der Waals surface area contributed by atoms with Crippen LogP contribution in [0.15, 0.2) is 77.7 Å². The van der Waals surface area contributed by atoms with E-state index in [0.29, 0.717) is 18.1 Å². The van der Waals surface area contributed by atoms with Crippen LogP contribution in [0, 0.1) is 6.92 Å². The van der Waals surface area contributed by atoms with Crippen LogP contribution in [-0.2, 0) is 26.2 Å². The second-order valence-corrected chi connectivity index (χ2v) is 12.6. The van der Waals surface area contributed by atoms with Gasteiger partial charge in [-0.1, -0.05) is 54.8 Å². The van der Waals surface area contributed by atoms with Crippen molar-refractivity contribution in [2.75, 3.05) is 24.6 Å². The highest BCUT2D eigenvalue weighted by atomic mass is 32.2. The third-order valence-electron chi connectivity index (χ3n) is 7.68. The number of hydrogen-bond acceptors (Lipinski definition) is 6. The maximum Gasteiger partial charge on any atom is 0.264 e. The number of carbonyl (C=O) groups is 2. The number of carbonyl (C=O) groups excluding carboxylic acids is 2. The fourth-order valence-corrected chi connectivity index (χ4v) is 6.66. The largest absolute Gasteiger partial charge is 0.497 e. The highest BCUT2D eigenvalue weighted by Crippen LogP contribution is 2.33. The van der Waals surface area contributed by atoms with Crippen LogP contribution in [0.25, 0.3) is 0 Å². The summed E-state index contributed by atoms with van der Waals surface area (Å²) in [7, 11) is -2.64. The second kappa shape index (κ2) is 14.4. The molecule has 9 nitrogen and oxygen atoms in total. The number of nitrogens with one attached hydrogen (secondary N) is 1. The predicted octanol–water partition coefficient (Wildman–Crippen LogP) is 5.07. The van der Waals surface area contributed by atoms with E-state index in [1.165, 1.54) is 17.0 Å². The minimum absolute atomic E-state index is 0.0450. The molecule has 43 heavy (non-hydrogen) atoms. The van der Waals surface area contributed by atoms with Gasteiger partial charge in [-0.3, -0.25) is 13.9 Å². The average Bonchev–Trinajstić information content (AvgIpc) is 3.52. The molecule has 1 atom stereocenters. The van der Waals surface area contributed by atoms with E-state index in [0.717, 1.165) is 41.1 Å². The van der Waals surface area contributed by atoms with Gasteiger partial charge >= 0.3 is 0 Å². The Bertz CT molecular complexity index is 1500. The number of ether oxygens (including phenoxy) is 2. The molecule has 4 rings (SSSR count). The van der Waals surface area contributed by atoms with Crippen LogP contribution >= 0.6 is 0 Å². The smallest absolute Gasteiger partial charge is 0.264 e. The van der Waals surface area contributed by atoms with E-state index in [-0.39, 0.29) is 29.1 Å². The molecule has 0 aliphatic heterocycles. The lowest BCUT2D eigenvalue weighted by Crippen LogP contribution is -2.52. The molecule has 1 aliphatic carbocycles. The molecule has 2 amide bonds. The van der Waals surface area contributed by atoms with Crippen molar-refractivity contribution in [1.82, 2.24) is 10.2 Å². The Hall–Kier alpha value is -4.05. The van der Waals surface area contributed by atoms with Gasteiger partial charge in [-0.05, 0) is 75.6 Å². The molecule has 0 saturated heterocycles. The minimum atomic E-state index is -4.20. The van der Waals surface area contributed by atoms with Crippen LogP contribution < -0.4 is 19.1 Å². The molecular formula is C33H41N3O6S. The van der Waals surface area contributed by atoms with E-state index in [1.807, 2.05) is 19.1 Å². The Kier molecular flexibility index (Phi) is 10.7. The molecule has 0 radical (unpaired) electrons. The van der Waals surface area contributed by atoms with E-state index < -0.39 is 28.5 Å². The van der Waals surface area contributed by atoms with Crippen LogP contribution in [0.2, 0.25) is 0 Å². The third-order valence-corrected chi connectivity index (χ3v) is 9.45. The molecule has 0 bridgehead atoms. The van der Waals surface area contributed by atoms with Gasteiger partial charge in [-0.2, -0.15) is 0 Å². The number of methoxy groups -OCH3 is 1. The molecule has 0 aromatic heterocycles. The first-order valence-corrected chi connectivity index (χ1v) is 16.1. The lowest BCUT2D eigenvalue weighted by Gasteiger charge is -2.33. The number of sulfonamides is 1. The standard InChI is InChI=1S/C33H41N3O6S/c1-5-42-31-16-9-8-15-30(31)36(43(39,40)29-19-17-24(2)18-20-29)23-32(37)35(22-26-11-10-14-28(21-26)41-4)25(3)33(38)34-27-12-6-7-13-27/h8-11,14-21,25,27H,5-7,12-13,22-23H2,1-4H3,(H,34,38)/t25-/m0/s1. The van der Waals surface area contributed by atoms with E-state index >= 15 is 0 Å². The highest BCUT2D eigenvalue weighted by molar-refractivity contribution is 7.92. The molecule has 3 aromatic carbocycles. The molecule has 1 saturated carbocycles. The summed E-state index contributed by atoms with van der Waals surface area (Å²) in [6, 6.07) is 19.7. The zero-order valence-electron chi connectivity index (χ0n) is 25.3. The summed E-state index contributed by atoms with van der Waals surface area (Å²) in [5.41, 5.74) is 1.89. The summed E-state index contributed by atoms with van der Waals surface area (Å²) in [4.78, 5) is 29.1. The van der Waals surface area contributed by atoms with Gasteiger partial charge in [0.25, 0.3) is 10.0 Å². The van der Waals surface area contributed by atoms with Crippen molar-refractivity contribution in [2.45, 2.75) is 70.0 Å². The Labute approximate surface area is 254 Å². The van der Waals surface area contributed by atoms with Gasteiger partial charge in [0.2, 0.25) is 11.8 Å². The number of anilines is 1.